The summed E-state index contributed by atoms with van der Waals surface area (Å²) in [7, 11) is 0. The number of aromatic nitrogens is 3. The Hall–Kier alpha value is -1.99. The van der Waals surface area contributed by atoms with Gasteiger partial charge >= 0.3 is 0 Å². The minimum Gasteiger partial charge on any atom is -0.302 e. The topological polar surface area (TPSA) is 67.8 Å². The zero-order chi connectivity index (χ0) is 14.5. The normalized spacial score (nSPS) is 10.7. The highest BCUT2D eigenvalue weighted by atomic mass is 32.2. The lowest BCUT2D eigenvalue weighted by Crippen LogP contribution is -2.11. The summed E-state index contributed by atoms with van der Waals surface area (Å²) in [5.41, 5.74) is 0.907. The van der Waals surface area contributed by atoms with Crippen LogP contribution in [-0.2, 0) is 4.79 Å². The van der Waals surface area contributed by atoms with Crippen LogP contribution in [0.25, 0.3) is 10.2 Å². The molecule has 0 spiro atoms. The van der Waals surface area contributed by atoms with Crippen molar-refractivity contribution < 1.29 is 4.79 Å². The maximum absolute atomic E-state index is 11.9. The van der Waals surface area contributed by atoms with E-state index in [0.717, 1.165) is 10.2 Å². The molecule has 106 valence electrons. The zero-order valence-corrected chi connectivity index (χ0v) is 12.7. The predicted molar refractivity (Wildman–Crippen MR) is 85.6 cm³/mol. The number of fused-ring (bicyclic) bond motifs is 1. The molecule has 1 amide bonds. The molecule has 0 aliphatic carbocycles. The highest BCUT2D eigenvalue weighted by Gasteiger charge is 2.08. The molecule has 0 saturated carbocycles. The van der Waals surface area contributed by atoms with E-state index in [0.29, 0.717) is 22.5 Å². The summed E-state index contributed by atoms with van der Waals surface area (Å²) < 4.78 is 1.07. The second-order valence-corrected chi connectivity index (χ2v) is 6.26. The van der Waals surface area contributed by atoms with Crippen LogP contribution in [0.2, 0.25) is 0 Å². The Bertz CT molecular complexity index is 712. The average Bonchev–Trinajstić information content (AvgIpc) is 2.90. The van der Waals surface area contributed by atoms with Crippen molar-refractivity contribution in [1.29, 1.82) is 0 Å². The van der Waals surface area contributed by atoms with E-state index in [1.807, 2.05) is 24.3 Å². The number of hydrogen-bond acceptors (Lipinski definition) is 6. The summed E-state index contributed by atoms with van der Waals surface area (Å²) in [6.45, 7) is 0. The molecule has 0 radical (unpaired) electrons. The van der Waals surface area contributed by atoms with Crippen LogP contribution in [0.1, 0.15) is 6.42 Å². The molecule has 0 fully saturated rings. The first-order valence-electron chi connectivity index (χ1n) is 6.36. The Kier molecular flexibility index (Phi) is 4.42. The monoisotopic (exact) mass is 316 g/mol. The van der Waals surface area contributed by atoms with Crippen LogP contribution in [0.3, 0.4) is 0 Å². The summed E-state index contributed by atoms with van der Waals surface area (Å²) in [5.74, 6) is 0.596. The van der Waals surface area contributed by atoms with Crippen LogP contribution in [0, 0.1) is 0 Å². The third-order valence-electron chi connectivity index (χ3n) is 2.64. The number of thioether (sulfide) groups is 1. The first kappa shape index (κ1) is 14.0. The lowest BCUT2D eigenvalue weighted by atomic mass is 10.3. The largest absolute Gasteiger partial charge is 0.302 e. The van der Waals surface area contributed by atoms with Gasteiger partial charge in [-0.15, -0.1) is 0 Å². The molecule has 5 nitrogen and oxygen atoms in total. The third kappa shape index (κ3) is 3.77. The zero-order valence-electron chi connectivity index (χ0n) is 11.0. The average molecular weight is 316 g/mol. The highest BCUT2D eigenvalue weighted by molar-refractivity contribution is 7.99. The summed E-state index contributed by atoms with van der Waals surface area (Å²) in [6.07, 6.45) is 3.78. The maximum Gasteiger partial charge on any atom is 0.226 e. The molecule has 1 aromatic carbocycles. The number of nitrogens with zero attached hydrogens (tertiary/aromatic N) is 3. The Morgan fingerprint density at radius 3 is 2.81 bits per heavy atom. The molecule has 21 heavy (non-hydrogen) atoms. The molecule has 0 bridgehead atoms. The predicted octanol–water partition coefficient (Wildman–Crippen LogP) is 3.21. The van der Waals surface area contributed by atoms with Gasteiger partial charge in [-0.2, -0.15) is 0 Å². The van der Waals surface area contributed by atoms with Crippen molar-refractivity contribution in [2.24, 2.45) is 0 Å². The van der Waals surface area contributed by atoms with Crippen LogP contribution in [-0.4, -0.2) is 26.6 Å². The van der Waals surface area contributed by atoms with Gasteiger partial charge in [-0.25, -0.2) is 15.0 Å². The number of para-hydroxylation sites is 1. The van der Waals surface area contributed by atoms with E-state index in [4.69, 9.17) is 0 Å². The molecule has 3 rings (SSSR count). The lowest BCUT2D eigenvalue weighted by Gasteiger charge is -2.00. The van der Waals surface area contributed by atoms with E-state index >= 15 is 0 Å². The quantitative estimate of drug-likeness (QED) is 0.578. The summed E-state index contributed by atoms with van der Waals surface area (Å²) in [4.78, 5) is 24.5. The van der Waals surface area contributed by atoms with Crippen molar-refractivity contribution >= 4 is 44.4 Å². The molecular formula is C14H12N4OS2. The van der Waals surface area contributed by atoms with Crippen molar-refractivity contribution in [3.8, 4) is 0 Å². The highest BCUT2D eigenvalue weighted by Crippen LogP contribution is 2.25. The molecule has 0 aliphatic heterocycles. The van der Waals surface area contributed by atoms with Gasteiger partial charge in [0.15, 0.2) is 10.3 Å². The number of thiazole rings is 1. The van der Waals surface area contributed by atoms with Crippen molar-refractivity contribution in [2.75, 3.05) is 11.1 Å². The van der Waals surface area contributed by atoms with Crippen LogP contribution >= 0.6 is 23.1 Å². The molecule has 2 heterocycles. The fourth-order valence-electron chi connectivity index (χ4n) is 1.70. The molecule has 0 saturated heterocycles. The Balaban J connectivity index is 1.52. The molecule has 0 atom stereocenters. The fraction of sp³-hybridized carbons (Fsp3) is 0.143. The second kappa shape index (κ2) is 6.64. The lowest BCUT2D eigenvalue weighted by molar-refractivity contribution is -0.115. The van der Waals surface area contributed by atoms with Gasteiger partial charge in [0.2, 0.25) is 5.91 Å². The third-order valence-corrected chi connectivity index (χ3v) is 4.47. The number of hydrogen-bond donors (Lipinski definition) is 1. The van der Waals surface area contributed by atoms with Crippen LogP contribution in [0.5, 0.6) is 0 Å². The minimum atomic E-state index is -0.0440. The van der Waals surface area contributed by atoms with Gasteiger partial charge in [0, 0.05) is 24.6 Å². The number of rotatable bonds is 5. The number of carbonyl (C=O) groups is 1. The molecule has 3 aromatic rings. The number of amides is 1. The van der Waals surface area contributed by atoms with Crippen LogP contribution < -0.4 is 5.32 Å². The number of benzene rings is 1. The SMILES string of the molecule is O=C(CCSc1ncccn1)Nc1nc2ccccc2s1. The van der Waals surface area contributed by atoms with Gasteiger partial charge < -0.3 is 5.32 Å². The molecule has 0 unspecified atom stereocenters. The Labute approximate surface area is 129 Å². The second-order valence-electron chi connectivity index (χ2n) is 4.16. The van der Waals surface area contributed by atoms with Gasteiger partial charge in [0.1, 0.15) is 0 Å². The number of carbonyl (C=O) groups excluding carboxylic acids is 1. The molecule has 1 N–H and O–H groups in total. The van der Waals surface area contributed by atoms with Crippen molar-refractivity contribution in [3.05, 3.63) is 42.7 Å². The smallest absolute Gasteiger partial charge is 0.226 e. The van der Waals surface area contributed by atoms with Crippen molar-refractivity contribution in [2.45, 2.75) is 11.6 Å². The first-order valence-corrected chi connectivity index (χ1v) is 8.17. The standard InChI is InChI=1S/C14H12N4OS2/c19-12(6-9-20-13-15-7-3-8-16-13)18-14-17-10-4-1-2-5-11(10)21-14/h1-5,7-8H,6,9H2,(H,17,18,19). The van der Waals surface area contributed by atoms with E-state index in [2.05, 4.69) is 20.3 Å². The molecule has 2 aromatic heterocycles. The Morgan fingerprint density at radius 1 is 1.19 bits per heavy atom. The summed E-state index contributed by atoms with van der Waals surface area (Å²) in [5, 5.41) is 4.16. The summed E-state index contributed by atoms with van der Waals surface area (Å²) in [6, 6.07) is 9.59. The van der Waals surface area contributed by atoms with Gasteiger partial charge in [0.05, 0.1) is 10.2 Å². The van der Waals surface area contributed by atoms with Gasteiger partial charge in [-0.1, -0.05) is 35.2 Å². The van der Waals surface area contributed by atoms with E-state index in [9.17, 15) is 4.79 Å². The molecule has 0 aliphatic rings. The van der Waals surface area contributed by atoms with Crippen LogP contribution in [0.15, 0.2) is 47.9 Å². The van der Waals surface area contributed by atoms with Gasteiger partial charge in [-0.3, -0.25) is 4.79 Å². The van der Waals surface area contributed by atoms with E-state index < -0.39 is 0 Å². The maximum atomic E-state index is 11.9. The molecule has 7 heteroatoms. The van der Waals surface area contributed by atoms with Crippen LogP contribution in [0.4, 0.5) is 5.13 Å². The first-order chi connectivity index (χ1) is 10.3. The van der Waals surface area contributed by atoms with Gasteiger partial charge in [-0.05, 0) is 18.2 Å². The van der Waals surface area contributed by atoms with E-state index in [1.54, 1.807) is 18.5 Å². The van der Waals surface area contributed by atoms with Crippen molar-refractivity contribution in [1.82, 2.24) is 15.0 Å². The number of nitrogens with one attached hydrogen (secondary N) is 1. The Morgan fingerprint density at radius 2 is 2.00 bits per heavy atom. The fourth-order valence-corrected chi connectivity index (χ4v) is 3.33. The number of anilines is 1. The summed E-state index contributed by atoms with van der Waals surface area (Å²) >= 11 is 2.95. The van der Waals surface area contributed by atoms with E-state index in [1.165, 1.54) is 23.1 Å². The van der Waals surface area contributed by atoms with Gasteiger partial charge in [0.25, 0.3) is 0 Å². The van der Waals surface area contributed by atoms with E-state index in [-0.39, 0.29) is 5.91 Å². The van der Waals surface area contributed by atoms with Crippen molar-refractivity contribution in [3.63, 3.8) is 0 Å². The minimum absolute atomic E-state index is 0.0440. The molecular weight excluding hydrogens is 304 g/mol.